The summed E-state index contributed by atoms with van der Waals surface area (Å²) >= 11 is 0. The summed E-state index contributed by atoms with van der Waals surface area (Å²) in [6.45, 7) is 7.08. The number of hydrogen-bond acceptors (Lipinski definition) is 3. The zero-order valence-corrected chi connectivity index (χ0v) is 17.6. The molecule has 28 heavy (non-hydrogen) atoms. The van der Waals surface area contributed by atoms with E-state index in [0.717, 1.165) is 16.7 Å². The number of hydrogen-bond donors (Lipinski definition) is 1. The highest BCUT2D eigenvalue weighted by Crippen LogP contribution is 2.33. The first-order valence-corrected chi connectivity index (χ1v) is 11.1. The Morgan fingerprint density at radius 2 is 1.64 bits per heavy atom. The lowest BCUT2D eigenvalue weighted by molar-refractivity contribution is -0.132. The minimum Gasteiger partial charge on any atom is -0.352 e. The molecule has 1 aliphatic rings. The van der Waals surface area contributed by atoms with Gasteiger partial charge in [0, 0.05) is 25.0 Å². The van der Waals surface area contributed by atoms with E-state index in [1.165, 1.54) is 4.31 Å². The molecule has 6 heteroatoms. The molecule has 1 fully saturated rings. The lowest BCUT2D eigenvalue weighted by Crippen LogP contribution is -2.48. The van der Waals surface area contributed by atoms with Crippen LogP contribution in [-0.2, 0) is 21.4 Å². The minimum atomic E-state index is -3.51. The van der Waals surface area contributed by atoms with Crippen molar-refractivity contribution in [1.82, 2.24) is 9.62 Å². The molecule has 0 atom stereocenters. The summed E-state index contributed by atoms with van der Waals surface area (Å²) in [4.78, 5) is 13.1. The highest BCUT2D eigenvalue weighted by molar-refractivity contribution is 7.89. The number of benzene rings is 2. The number of aryl methyl sites for hydroxylation is 2. The third kappa shape index (κ3) is 4.28. The minimum absolute atomic E-state index is 0.0110. The van der Waals surface area contributed by atoms with Gasteiger partial charge in [-0.15, -0.1) is 0 Å². The van der Waals surface area contributed by atoms with E-state index in [2.05, 4.69) is 5.32 Å². The van der Waals surface area contributed by atoms with Gasteiger partial charge in [0.2, 0.25) is 15.9 Å². The molecule has 2 aromatic carbocycles. The molecule has 5 nitrogen and oxygen atoms in total. The molecule has 2 aromatic rings. The maximum Gasteiger partial charge on any atom is 0.243 e. The van der Waals surface area contributed by atoms with Crippen LogP contribution in [0, 0.1) is 19.3 Å². The molecule has 0 aromatic heterocycles. The maximum absolute atomic E-state index is 12.9. The predicted octanol–water partition coefficient (Wildman–Crippen LogP) is 3.41. The van der Waals surface area contributed by atoms with Crippen LogP contribution in [0.5, 0.6) is 0 Å². The second-order valence-electron chi connectivity index (χ2n) is 7.89. The Kier molecular flexibility index (Phi) is 5.91. The van der Waals surface area contributed by atoms with Gasteiger partial charge in [-0.3, -0.25) is 4.79 Å². The molecule has 1 amide bonds. The molecule has 1 N–H and O–H groups in total. The Bertz CT molecular complexity index is 944. The van der Waals surface area contributed by atoms with Crippen molar-refractivity contribution in [2.75, 3.05) is 13.1 Å². The monoisotopic (exact) mass is 400 g/mol. The van der Waals surface area contributed by atoms with Crippen molar-refractivity contribution in [3.8, 4) is 0 Å². The van der Waals surface area contributed by atoms with Crippen LogP contribution in [0.1, 0.15) is 36.5 Å². The highest BCUT2D eigenvalue weighted by atomic mass is 32.2. The van der Waals surface area contributed by atoms with Gasteiger partial charge in [-0.2, -0.15) is 4.31 Å². The summed E-state index contributed by atoms with van der Waals surface area (Å²) in [6.07, 6.45) is 1.02. The smallest absolute Gasteiger partial charge is 0.243 e. The Morgan fingerprint density at radius 1 is 1.04 bits per heavy atom. The summed E-state index contributed by atoms with van der Waals surface area (Å²) < 4.78 is 27.2. The molecular formula is C22H28N2O3S. The average Bonchev–Trinajstić information content (AvgIpc) is 2.68. The van der Waals surface area contributed by atoms with Gasteiger partial charge in [0.25, 0.3) is 0 Å². The fraction of sp³-hybridized carbons (Fsp3) is 0.409. The van der Waals surface area contributed by atoms with Crippen LogP contribution in [0.25, 0.3) is 0 Å². The van der Waals surface area contributed by atoms with Crippen LogP contribution in [-0.4, -0.2) is 31.7 Å². The molecule has 0 bridgehead atoms. The van der Waals surface area contributed by atoms with Crippen molar-refractivity contribution in [2.45, 2.75) is 45.1 Å². The first kappa shape index (κ1) is 20.6. The first-order chi connectivity index (χ1) is 13.2. The molecule has 1 aliphatic heterocycles. The van der Waals surface area contributed by atoms with Crippen molar-refractivity contribution < 1.29 is 13.2 Å². The molecule has 1 saturated heterocycles. The maximum atomic E-state index is 12.9. The number of carbonyl (C=O) groups is 1. The van der Waals surface area contributed by atoms with Gasteiger partial charge in [-0.25, -0.2) is 8.42 Å². The predicted molar refractivity (Wildman–Crippen MR) is 110 cm³/mol. The number of carbonyl (C=O) groups excluding carboxylic acids is 1. The number of nitrogens with one attached hydrogen (secondary N) is 1. The summed E-state index contributed by atoms with van der Waals surface area (Å²) in [5, 5.41) is 3.03. The summed E-state index contributed by atoms with van der Waals surface area (Å²) in [5.41, 5.74) is 2.71. The molecule has 0 aliphatic carbocycles. The Hall–Kier alpha value is -2.18. The van der Waals surface area contributed by atoms with Crippen molar-refractivity contribution in [1.29, 1.82) is 0 Å². The van der Waals surface area contributed by atoms with E-state index in [1.807, 2.05) is 45.0 Å². The third-order valence-electron chi connectivity index (χ3n) is 5.73. The van der Waals surface area contributed by atoms with Crippen LogP contribution >= 0.6 is 0 Å². The second-order valence-corrected chi connectivity index (χ2v) is 9.82. The number of nitrogens with zero attached hydrogens (tertiary/aromatic N) is 1. The van der Waals surface area contributed by atoms with Crippen molar-refractivity contribution >= 4 is 15.9 Å². The molecule has 0 radical (unpaired) electrons. The van der Waals surface area contributed by atoms with Gasteiger partial charge in [-0.1, -0.05) is 48.9 Å². The Balaban J connectivity index is 1.62. The van der Waals surface area contributed by atoms with E-state index in [1.54, 1.807) is 24.3 Å². The van der Waals surface area contributed by atoms with Crippen LogP contribution < -0.4 is 5.32 Å². The van der Waals surface area contributed by atoms with Gasteiger partial charge in [0.15, 0.2) is 0 Å². The normalized spacial score (nSPS) is 17.2. The largest absolute Gasteiger partial charge is 0.352 e. The first-order valence-electron chi connectivity index (χ1n) is 9.62. The van der Waals surface area contributed by atoms with E-state index < -0.39 is 15.4 Å². The number of amides is 1. The molecular weight excluding hydrogens is 372 g/mol. The number of rotatable bonds is 5. The third-order valence-corrected chi connectivity index (χ3v) is 7.65. The van der Waals surface area contributed by atoms with Crippen LogP contribution in [0.4, 0.5) is 0 Å². The van der Waals surface area contributed by atoms with E-state index in [4.69, 9.17) is 0 Å². The van der Waals surface area contributed by atoms with Gasteiger partial charge in [0.1, 0.15) is 0 Å². The number of piperidine rings is 1. The Labute approximate surface area is 167 Å². The fourth-order valence-corrected chi connectivity index (χ4v) is 4.95. The molecule has 0 saturated carbocycles. The lowest BCUT2D eigenvalue weighted by atomic mass is 9.80. The molecule has 0 spiro atoms. The van der Waals surface area contributed by atoms with Gasteiger partial charge < -0.3 is 5.32 Å². The van der Waals surface area contributed by atoms with E-state index >= 15 is 0 Å². The van der Waals surface area contributed by atoms with Gasteiger partial charge in [0.05, 0.1) is 4.90 Å². The molecule has 150 valence electrons. The van der Waals surface area contributed by atoms with E-state index in [-0.39, 0.29) is 5.91 Å². The second kappa shape index (κ2) is 8.05. The van der Waals surface area contributed by atoms with Crippen LogP contribution in [0.3, 0.4) is 0 Å². The quantitative estimate of drug-likeness (QED) is 0.836. The fourth-order valence-electron chi connectivity index (χ4n) is 3.50. The topological polar surface area (TPSA) is 66.5 Å². The van der Waals surface area contributed by atoms with E-state index in [0.29, 0.717) is 37.4 Å². The average molecular weight is 401 g/mol. The van der Waals surface area contributed by atoms with E-state index in [9.17, 15) is 13.2 Å². The van der Waals surface area contributed by atoms with Gasteiger partial charge in [-0.05, 0) is 49.9 Å². The zero-order valence-electron chi connectivity index (χ0n) is 16.7. The zero-order chi connectivity index (χ0) is 20.4. The van der Waals surface area contributed by atoms with Crippen LogP contribution in [0.2, 0.25) is 0 Å². The number of sulfonamides is 1. The molecule has 1 heterocycles. The summed E-state index contributed by atoms with van der Waals surface area (Å²) in [5.74, 6) is -0.0110. The summed E-state index contributed by atoms with van der Waals surface area (Å²) in [7, 11) is -3.51. The van der Waals surface area contributed by atoms with Crippen molar-refractivity contribution in [3.05, 3.63) is 65.2 Å². The van der Waals surface area contributed by atoms with Crippen molar-refractivity contribution in [2.24, 2.45) is 5.41 Å². The summed E-state index contributed by atoms with van der Waals surface area (Å²) in [6, 6.07) is 14.9. The molecule has 3 rings (SSSR count). The lowest BCUT2D eigenvalue weighted by Gasteiger charge is -2.37. The molecule has 0 unspecified atom stereocenters. The van der Waals surface area contributed by atoms with Gasteiger partial charge >= 0.3 is 0 Å². The Morgan fingerprint density at radius 3 is 2.25 bits per heavy atom. The SMILES string of the molecule is Cc1ccc(S(=O)(=O)N2CCC(C)(C(=O)NCc3ccccc3C)CC2)cc1. The van der Waals surface area contributed by atoms with Crippen LogP contribution in [0.15, 0.2) is 53.4 Å². The standard InChI is InChI=1S/C22H28N2O3S/c1-17-8-10-20(11-9-17)28(26,27)24-14-12-22(3,13-15-24)21(25)23-16-19-7-5-4-6-18(19)2/h4-11H,12-16H2,1-3H3,(H,23,25). The highest BCUT2D eigenvalue weighted by Gasteiger charge is 2.40. The van der Waals surface area contributed by atoms with Crippen molar-refractivity contribution in [3.63, 3.8) is 0 Å².